The Morgan fingerprint density at radius 1 is 1.16 bits per heavy atom. The molecule has 0 spiro atoms. The highest BCUT2D eigenvalue weighted by Crippen LogP contribution is 2.10. The van der Waals surface area contributed by atoms with E-state index in [-0.39, 0.29) is 29.9 Å². The fourth-order valence-electron chi connectivity index (χ4n) is 2.01. The van der Waals surface area contributed by atoms with Crippen LogP contribution in [0.4, 0.5) is 0 Å². The van der Waals surface area contributed by atoms with Gasteiger partial charge in [0.2, 0.25) is 0 Å². The van der Waals surface area contributed by atoms with Gasteiger partial charge in [0.05, 0.1) is 5.56 Å². The minimum Gasteiger partial charge on any atom is -0.355 e. The normalized spacial score (nSPS) is 10.6. The lowest BCUT2D eigenvalue weighted by atomic mass is 10.2. The van der Waals surface area contributed by atoms with Gasteiger partial charge < -0.3 is 16.0 Å². The van der Waals surface area contributed by atoms with Crippen molar-refractivity contribution in [2.75, 3.05) is 20.1 Å². The molecule has 1 aromatic heterocycles. The molecule has 0 bridgehead atoms. The Morgan fingerprint density at radius 3 is 2.64 bits per heavy atom. The van der Waals surface area contributed by atoms with E-state index in [0.717, 1.165) is 5.56 Å². The monoisotopic (exact) mass is 473 g/mol. The fourth-order valence-corrected chi connectivity index (χ4v) is 2.22. The summed E-state index contributed by atoms with van der Waals surface area (Å²) in [6.07, 6.45) is 3.17. The Bertz CT molecular complexity index is 696. The van der Waals surface area contributed by atoms with Crippen LogP contribution in [-0.4, -0.2) is 37.0 Å². The van der Waals surface area contributed by atoms with Gasteiger partial charge in [-0.25, -0.2) is 0 Å². The highest BCUT2D eigenvalue weighted by atomic mass is 127. The van der Waals surface area contributed by atoms with Crippen LogP contribution in [0.2, 0.25) is 5.02 Å². The van der Waals surface area contributed by atoms with E-state index in [9.17, 15) is 4.79 Å². The molecule has 0 aliphatic rings. The molecule has 0 saturated heterocycles. The third kappa shape index (κ3) is 7.70. The largest absolute Gasteiger partial charge is 0.355 e. The Labute approximate surface area is 169 Å². The number of hydrogen-bond acceptors (Lipinski definition) is 3. The van der Waals surface area contributed by atoms with Crippen LogP contribution < -0.4 is 16.0 Å². The number of nitrogens with zero attached hydrogens (tertiary/aromatic N) is 2. The van der Waals surface area contributed by atoms with Crippen LogP contribution in [0.1, 0.15) is 15.9 Å². The summed E-state index contributed by atoms with van der Waals surface area (Å²) in [5.74, 6) is 0.511. The van der Waals surface area contributed by atoms with Crippen molar-refractivity contribution in [2.24, 2.45) is 4.99 Å². The average Bonchev–Trinajstić information content (AvgIpc) is 2.61. The molecule has 3 N–H and O–H groups in total. The van der Waals surface area contributed by atoms with Gasteiger partial charge in [0, 0.05) is 44.1 Å². The number of guanidine groups is 1. The first-order valence-electron chi connectivity index (χ1n) is 7.56. The van der Waals surface area contributed by atoms with Crippen LogP contribution in [0.15, 0.2) is 53.8 Å². The second kappa shape index (κ2) is 11.6. The molecule has 0 aliphatic heterocycles. The molecule has 6 nitrogen and oxygen atoms in total. The molecule has 0 radical (unpaired) electrons. The number of benzene rings is 1. The Kier molecular flexibility index (Phi) is 9.86. The predicted octanol–water partition coefficient (Wildman–Crippen LogP) is 2.45. The van der Waals surface area contributed by atoms with Gasteiger partial charge in [0.25, 0.3) is 5.91 Å². The van der Waals surface area contributed by atoms with Gasteiger partial charge in [0.15, 0.2) is 5.96 Å². The summed E-state index contributed by atoms with van der Waals surface area (Å²) in [5, 5.41) is 9.85. The summed E-state index contributed by atoms with van der Waals surface area (Å²) >= 11 is 5.96. The molecule has 1 heterocycles. The van der Waals surface area contributed by atoms with Crippen molar-refractivity contribution >= 4 is 47.4 Å². The van der Waals surface area contributed by atoms with Gasteiger partial charge in [0.1, 0.15) is 0 Å². The molecule has 1 amide bonds. The van der Waals surface area contributed by atoms with E-state index in [2.05, 4.69) is 25.9 Å². The van der Waals surface area contributed by atoms with Crippen LogP contribution in [0.3, 0.4) is 0 Å². The Balaban J connectivity index is 0.00000312. The Hall–Kier alpha value is -1.87. The third-order valence-electron chi connectivity index (χ3n) is 3.20. The molecule has 2 rings (SSSR count). The van der Waals surface area contributed by atoms with Gasteiger partial charge in [-0.3, -0.25) is 14.8 Å². The van der Waals surface area contributed by atoms with E-state index >= 15 is 0 Å². The number of hydrogen-bond donors (Lipinski definition) is 3. The lowest BCUT2D eigenvalue weighted by Crippen LogP contribution is -2.41. The number of carbonyl (C=O) groups excluding carboxylic acids is 1. The topological polar surface area (TPSA) is 78.4 Å². The predicted molar refractivity (Wildman–Crippen MR) is 112 cm³/mol. The quantitative estimate of drug-likeness (QED) is 0.261. The van der Waals surface area contributed by atoms with Crippen LogP contribution in [0.25, 0.3) is 0 Å². The lowest BCUT2D eigenvalue weighted by molar-refractivity contribution is 0.0954. The summed E-state index contributed by atoms with van der Waals surface area (Å²) in [7, 11) is 1.70. The first-order chi connectivity index (χ1) is 11.7. The van der Waals surface area contributed by atoms with Gasteiger partial charge in [-0.15, -0.1) is 24.0 Å². The third-order valence-corrected chi connectivity index (χ3v) is 3.43. The molecular weight excluding hydrogens is 453 g/mol. The zero-order chi connectivity index (χ0) is 17.2. The molecule has 0 saturated carbocycles. The maximum atomic E-state index is 11.9. The summed E-state index contributed by atoms with van der Waals surface area (Å²) in [5.41, 5.74) is 1.61. The number of amides is 1. The zero-order valence-electron chi connectivity index (χ0n) is 13.8. The van der Waals surface area contributed by atoms with Gasteiger partial charge in [-0.1, -0.05) is 23.7 Å². The number of aromatic nitrogens is 1. The molecule has 0 atom stereocenters. The van der Waals surface area contributed by atoms with E-state index < -0.39 is 0 Å². The molecule has 8 heteroatoms. The first kappa shape index (κ1) is 21.2. The van der Waals surface area contributed by atoms with Crippen LogP contribution in [-0.2, 0) is 6.54 Å². The molecule has 134 valence electrons. The highest BCUT2D eigenvalue weighted by Gasteiger charge is 2.04. The SMILES string of the molecule is CN=C(NCCNC(=O)c1cccnc1)NCc1cccc(Cl)c1.I. The van der Waals surface area contributed by atoms with Crippen molar-refractivity contribution in [3.63, 3.8) is 0 Å². The van der Waals surface area contributed by atoms with Crippen molar-refractivity contribution < 1.29 is 4.79 Å². The summed E-state index contributed by atoms with van der Waals surface area (Å²) < 4.78 is 0. The van der Waals surface area contributed by atoms with Crippen LogP contribution in [0.5, 0.6) is 0 Å². The smallest absolute Gasteiger partial charge is 0.252 e. The van der Waals surface area contributed by atoms with Gasteiger partial charge >= 0.3 is 0 Å². The minimum atomic E-state index is -0.147. The lowest BCUT2D eigenvalue weighted by Gasteiger charge is -2.12. The minimum absolute atomic E-state index is 0. The van der Waals surface area contributed by atoms with E-state index in [0.29, 0.717) is 36.2 Å². The summed E-state index contributed by atoms with van der Waals surface area (Å²) in [6, 6.07) is 11.1. The molecule has 0 fully saturated rings. The molecule has 2 aromatic rings. The second-order valence-electron chi connectivity index (χ2n) is 4.98. The van der Waals surface area contributed by atoms with E-state index in [1.165, 1.54) is 6.20 Å². The van der Waals surface area contributed by atoms with E-state index in [1.54, 1.807) is 25.4 Å². The maximum absolute atomic E-state index is 11.9. The van der Waals surface area contributed by atoms with Crippen molar-refractivity contribution in [2.45, 2.75) is 6.54 Å². The highest BCUT2D eigenvalue weighted by molar-refractivity contribution is 14.0. The van der Waals surface area contributed by atoms with Crippen molar-refractivity contribution in [1.29, 1.82) is 0 Å². The molecular formula is C17H21ClIN5O. The fraction of sp³-hybridized carbons (Fsp3) is 0.235. The molecule has 1 aromatic carbocycles. The number of rotatable bonds is 6. The van der Waals surface area contributed by atoms with Crippen molar-refractivity contribution in [1.82, 2.24) is 20.9 Å². The number of carbonyl (C=O) groups is 1. The van der Waals surface area contributed by atoms with E-state index in [1.807, 2.05) is 24.3 Å². The summed E-state index contributed by atoms with van der Waals surface area (Å²) in [4.78, 5) is 19.9. The Morgan fingerprint density at radius 2 is 1.96 bits per heavy atom. The number of nitrogens with one attached hydrogen (secondary N) is 3. The van der Waals surface area contributed by atoms with Crippen molar-refractivity contribution in [3.05, 3.63) is 64.9 Å². The molecule has 0 unspecified atom stereocenters. The summed E-state index contributed by atoms with van der Waals surface area (Å²) in [6.45, 7) is 1.65. The van der Waals surface area contributed by atoms with Crippen LogP contribution in [0, 0.1) is 0 Å². The molecule has 0 aliphatic carbocycles. The van der Waals surface area contributed by atoms with Gasteiger partial charge in [-0.2, -0.15) is 0 Å². The van der Waals surface area contributed by atoms with Gasteiger partial charge in [-0.05, 0) is 29.8 Å². The first-order valence-corrected chi connectivity index (χ1v) is 7.94. The maximum Gasteiger partial charge on any atom is 0.252 e. The molecule has 25 heavy (non-hydrogen) atoms. The second-order valence-corrected chi connectivity index (χ2v) is 5.42. The van der Waals surface area contributed by atoms with Crippen molar-refractivity contribution in [3.8, 4) is 0 Å². The van der Waals surface area contributed by atoms with E-state index in [4.69, 9.17) is 11.6 Å². The van der Waals surface area contributed by atoms with Crippen LogP contribution >= 0.6 is 35.6 Å². The number of halogens is 2. The number of aliphatic imine (C=N–C) groups is 1. The zero-order valence-corrected chi connectivity index (χ0v) is 16.9. The number of pyridine rings is 1. The average molecular weight is 474 g/mol. The standard InChI is InChI=1S/C17H20ClN5O.HI/c1-19-17(23-11-13-4-2-6-15(18)10-13)22-9-8-21-16(24)14-5-3-7-20-12-14;/h2-7,10,12H,8-9,11H2,1H3,(H,21,24)(H2,19,22,23);1H.